The number of hydrogen-bond donors (Lipinski definition) is 3. The number of urea groups is 1. The van der Waals surface area contributed by atoms with E-state index in [-0.39, 0.29) is 13.1 Å². The monoisotopic (exact) mass is 261 g/mol. The summed E-state index contributed by atoms with van der Waals surface area (Å²) in [7, 11) is 0. The van der Waals surface area contributed by atoms with Crippen LogP contribution in [0.15, 0.2) is 30.3 Å². The van der Waals surface area contributed by atoms with E-state index in [2.05, 4.69) is 16.7 Å². The van der Waals surface area contributed by atoms with Gasteiger partial charge in [-0.05, 0) is 5.56 Å². The molecule has 0 aromatic heterocycles. The van der Waals surface area contributed by atoms with Gasteiger partial charge in [-0.2, -0.15) is 5.01 Å². The molecule has 0 saturated heterocycles. The Balaban J connectivity index is 2.40. The third-order valence-electron chi connectivity index (χ3n) is 2.16. The Hall–Kier alpha value is -2.52. The second-order valence-electron chi connectivity index (χ2n) is 3.73. The first kappa shape index (κ1) is 14.5. The van der Waals surface area contributed by atoms with E-state index in [1.54, 1.807) is 0 Å². The largest absolute Gasteiger partial charge is 0.480 e. The Morgan fingerprint density at radius 1 is 1.32 bits per heavy atom. The van der Waals surface area contributed by atoms with Gasteiger partial charge in [-0.1, -0.05) is 36.3 Å². The minimum Gasteiger partial charge on any atom is -0.480 e. The van der Waals surface area contributed by atoms with Crippen LogP contribution in [0.1, 0.15) is 5.56 Å². The van der Waals surface area contributed by atoms with Crippen LogP contribution in [0.5, 0.6) is 0 Å². The van der Waals surface area contributed by atoms with Gasteiger partial charge in [0.25, 0.3) is 0 Å². The number of rotatable bonds is 6. The Morgan fingerprint density at radius 3 is 2.58 bits per heavy atom. The van der Waals surface area contributed by atoms with Gasteiger partial charge in [0.1, 0.15) is 6.54 Å². The third kappa shape index (κ3) is 6.10. The summed E-state index contributed by atoms with van der Waals surface area (Å²) in [4.78, 5) is 22.1. The van der Waals surface area contributed by atoms with Crippen molar-refractivity contribution in [2.24, 2.45) is 0 Å². The van der Waals surface area contributed by atoms with Crippen LogP contribution in [0.4, 0.5) is 4.79 Å². The lowest BCUT2D eigenvalue weighted by molar-refractivity contribution is -0.138. The summed E-state index contributed by atoms with van der Waals surface area (Å²) in [5.74, 6) is 1.20. The van der Waals surface area contributed by atoms with Crippen molar-refractivity contribution < 1.29 is 14.7 Å². The smallest absolute Gasteiger partial charge is 0.329 e. The molecule has 1 aromatic rings. The van der Waals surface area contributed by atoms with E-state index in [0.717, 1.165) is 10.6 Å². The molecule has 3 N–H and O–H groups in total. The van der Waals surface area contributed by atoms with Crippen LogP contribution in [0.25, 0.3) is 0 Å². The van der Waals surface area contributed by atoms with Crippen molar-refractivity contribution in [2.45, 2.75) is 6.54 Å². The van der Waals surface area contributed by atoms with Crippen molar-refractivity contribution in [3.05, 3.63) is 35.9 Å². The molecule has 6 heteroatoms. The number of carbonyl (C=O) groups excluding carboxylic acids is 1. The predicted molar refractivity (Wildman–Crippen MR) is 69.9 cm³/mol. The van der Waals surface area contributed by atoms with Gasteiger partial charge in [0.2, 0.25) is 0 Å². The van der Waals surface area contributed by atoms with Gasteiger partial charge in [0.05, 0.1) is 6.54 Å². The van der Waals surface area contributed by atoms with Crippen molar-refractivity contribution in [3.8, 4) is 12.3 Å². The number of aliphatic carboxylic acids is 1. The van der Waals surface area contributed by atoms with E-state index in [4.69, 9.17) is 11.5 Å². The first-order valence-electron chi connectivity index (χ1n) is 5.60. The first-order chi connectivity index (χ1) is 9.11. The van der Waals surface area contributed by atoms with Gasteiger partial charge in [0.15, 0.2) is 0 Å². The third-order valence-corrected chi connectivity index (χ3v) is 2.16. The zero-order chi connectivity index (χ0) is 14.1. The zero-order valence-electron chi connectivity index (χ0n) is 10.3. The number of carboxylic acids is 1. The molecule has 0 heterocycles. The molecule has 0 aliphatic carbocycles. The highest BCUT2D eigenvalue weighted by molar-refractivity contribution is 5.74. The van der Waals surface area contributed by atoms with E-state index in [1.165, 1.54) is 0 Å². The van der Waals surface area contributed by atoms with Crippen LogP contribution >= 0.6 is 0 Å². The summed E-state index contributed by atoms with van der Waals surface area (Å²) in [6, 6.07) is 8.85. The summed E-state index contributed by atoms with van der Waals surface area (Å²) in [6.07, 6.45) is 5.09. The van der Waals surface area contributed by atoms with E-state index in [9.17, 15) is 9.59 Å². The molecule has 6 nitrogen and oxygen atoms in total. The van der Waals surface area contributed by atoms with Crippen LogP contribution in [0.2, 0.25) is 0 Å². The zero-order valence-corrected chi connectivity index (χ0v) is 10.3. The van der Waals surface area contributed by atoms with Crippen molar-refractivity contribution in [1.29, 1.82) is 0 Å². The molecule has 1 aromatic carbocycles. The Morgan fingerprint density at radius 2 is 2.00 bits per heavy atom. The molecule has 0 fully saturated rings. The standard InChI is InChI=1S/C13H15N3O3/c1-2-8-16(10-12(17)18)15-13(19)14-9-11-6-4-3-5-7-11/h1,3-7H,8-10H2,(H,17,18)(H2,14,15,19). The van der Waals surface area contributed by atoms with Crippen molar-refractivity contribution in [3.63, 3.8) is 0 Å². The molecular formula is C13H15N3O3. The van der Waals surface area contributed by atoms with Gasteiger partial charge >= 0.3 is 12.0 Å². The van der Waals surface area contributed by atoms with Gasteiger partial charge < -0.3 is 10.4 Å². The minimum atomic E-state index is -1.07. The summed E-state index contributed by atoms with van der Waals surface area (Å²) < 4.78 is 0. The highest BCUT2D eigenvalue weighted by Gasteiger charge is 2.11. The molecule has 0 spiro atoms. The lowest BCUT2D eigenvalue weighted by atomic mass is 10.2. The van der Waals surface area contributed by atoms with Crippen LogP contribution in [0.3, 0.4) is 0 Å². The molecule has 0 atom stereocenters. The van der Waals surface area contributed by atoms with Crippen molar-refractivity contribution in [2.75, 3.05) is 13.1 Å². The maximum Gasteiger partial charge on any atom is 0.329 e. The molecule has 100 valence electrons. The molecule has 0 aliphatic heterocycles. The van der Waals surface area contributed by atoms with Crippen LogP contribution < -0.4 is 10.7 Å². The maximum absolute atomic E-state index is 11.6. The Kier molecular flexibility index (Phi) is 5.92. The van der Waals surface area contributed by atoms with Gasteiger partial charge in [-0.3, -0.25) is 10.2 Å². The number of nitrogens with zero attached hydrogens (tertiary/aromatic N) is 1. The number of nitrogens with one attached hydrogen (secondary N) is 2. The predicted octanol–water partition coefficient (Wildman–Crippen LogP) is 0.421. The van der Waals surface area contributed by atoms with Gasteiger partial charge in [-0.25, -0.2) is 4.79 Å². The SMILES string of the molecule is C#CCN(CC(=O)O)NC(=O)NCc1ccccc1. The summed E-state index contributed by atoms with van der Waals surface area (Å²) >= 11 is 0. The molecule has 2 amide bonds. The van der Waals surface area contributed by atoms with Gasteiger partial charge in [-0.15, -0.1) is 6.42 Å². The van der Waals surface area contributed by atoms with Crippen LogP contribution in [-0.4, -0.2) is 35.2 Å². The quantitative estimate of drug-likeness (QED) is 0.512. The molecule has 0 aliphatic rings. The van der Waals surface area contributed by atoms with Crippen molar-refractivity contribution in [1.82, 2.24) is 15.8 Å². The fraction of sp³-hybridized carbons (Fsp3) is 0.231. The van der Waals surface area contributed by atoms with Crippen LogP contribution in [-0.2, 0) is 11.3 Å². The molecule has 19 heavy (non-hydrogen) atoms. The molecule has 1 rings (SSSR count). The van der Waals surface area contributed by atoms with E-state index in [1.807, 2.05) is 30.3 Å². The van der Waals surface area contributed by atoms with E-state index < -0.39 is 12.0 Å². The van der Waals surface area contributed by atoms with E-state index in [0.29, 0.717) is 6.54 Å². The summed E-state index contributed by atoms with van der Waals surface area (Å²) in [5.41, 5.74) is 3.32. The number of terminal acetylenes is 1. The highest BCUT2D eigenvalue weighted by atomic mass is 16.4. The second-order valence-corrected chi connectivity index (χ2v) is 3.73. The second kappa shape index (κ2) is 7.74. The Labute approximate surface area is 111 Å². The highest BCUT2D eigenvalue weighted by Crippen LogP contribution is 1.96. The lowest BCUT2D eigenvalue weighted by Crippen LogP contribution is -2.49. The normalized spacial score (nSPS) is 9.68. The van der Waals surface area contributed by atoms with Crippen molar-refractivity contribution >= 4 is 12.0 Å². The lowest BCUT2D eigenvalue weighted by Gasteiger charge is -2.18. The number of hydrogen-bond acceptors (Lipinski definition) is 3. The summed E-state index contributed by atoms with van der Waals surface area (Å²) in [5, 5.41) is 12.4. The number of carbonyl (C=O) groups is 2. The maximum atomic E-state index is 11.6. The van der Waals surface area contributed by atoms with Gasteiger partial charge in [0, 0.05) is 6.54 Å². The summed E-state index contributed by atoms with van der Waals surface area (Å²) in [6.45, 7) is 0.0116. The average molecular weight is 261 g/mol. The molecule has 0 saturated carbocycles. The number of carboxylic acid groups (broad SMARTS) is 1. The Bertz CT molecular complexity index is 468. The number of amides is 2. The first-order valence-corrected chi connectivity index (χ1v) is 5.60. The molecule has 0 radical (unpaired) electrons. The average Bonchev–Trinajstić information content (AvgIpc) is 2.37. The number of hydrazine groups is 1. The van der Waals surface area contributed by atoms with E-state index >= 15 is 0 Å². The van der Waals surface area contributed by atoms with Crippen LogP contribution in [0, 0.1) is 12.3 Å². The number of benzene rings is 1. The molecule has 0 bridgehead atoms. The fourth-order valence-corrected chi connectivity index (χ4v) is 1.37. The fourth-order valence-electron chi connectivity index (χ4n) is 1.37. The molecular weight excluding hydrogens is 246 g/mol. The molecule has 0 unspecified atom stereocenters. The topological polar surface area (TPSA) is 81.7 Å². The minimum absolute atomic E-state index is 0.0189.